The van der Waals surface area contributed by atoms with Gasteiger partial charge < -0.3 is 11.1 Å². The minimum Gasteiger partial charge on any atom is -0.369 e. The second-order valence-corrected chi connectivity index (χ2v) is 8.10. The molecule has 0 aliphatic carbocycles. The van der Waals surface area contributed by atoms with Crippen molar-refractivity contribution in [3.8, 4) is 10.8 Å². The van der Waals surface area contributed by atoms with Crippen LogP contribution in [0.2, 0.25) is 0 Å². The van der Waals surface area contributed by atoms with Gasteiger partial charge in [-0.2, -0.15) is 0 Å². The minimum absolute atomic E-state index is 0.0680. The summed E-state index contributed by atoms with van der Waals surface area (Å²) in [6.45, 7) is 2.41. The molecule has 0 spiro atoms. The van der Waals surface area contributed by atoms with Gasteiger partial charge in [0.25, 0.3) is 5.91 Å². The van der Waals surface area contributed by atoms with Crippen LogP contribution in [0.1, 0.15) is 28.9 Å². The van der Waals surface area contributed by atoms with Crippen molar-refractivity contribution in [2.45, 2.75) is 19.4 Å². The van der Waals surface area contributed by atoms with Gasteiger partial charge in [0.05, 0.1) is 5.92 Å². The number of nitrogens with one attached hydrogen (secondary N) is 1. The highest BCUT2D eigenvalue weighted by Crippen LogP contribution is 2.21. The first-order valence-corrected chi connectivity index (χ1v) is 10.6. The number of hydrogen-bond acceptors (Lipinski definition) is 7. The van der Waals surface area contributed by atoms with Crippen LogP contribution in [-0.2, 0) is 11.3 Å². The third kappa shape index (κ3) is 4.87. The zero-order valence-corrected chi connectivity index (χ0v) is 17.1. The number of nitrogens with zero attached hydrogens (tertiary/aromatic N) is 4. The molecule has 0 radical (unpaired) electrons. The van der Waals surface area contributed by atoms with E-state index >= 15 is 0 Å². The van der Waals surface area contributed by atoms with E-state index in [4.69, 9.17) is 5.73 Å². The van der Waals surface area contributed by atoms with Gasteiger partial charge in [0.1, 0.15) is 5.69 Å². The van der Waals surface area contributed by atoms with Gasteiger partial charge >= 0.3 is 0 Å². The van der Waals surface area contributed by atoms with Crippen LogP contribution in [0.5, 0.6) is 0 Å². The normalized spacial score (nSPS) is 16.9. The summed E-state index contributed by atoms with van der Waals surface area (Å²) in [5, 5.41) is 5.16. The molecule has 1 aliphatic rings. The Morgan fingerprint density at radius 3 is 2.70 bits per heavy atom. The Labute approximate surface area is 178 Å². The van der Waals surface area contributed by atoms with E-state index in [0.29, 0.717) is 28.8 Å². The number of primary amides is 1. The molecule has 1 aliphatic heterocycles. The monoisotopic (exact) mass is 422 g/mol. The summed E-state index contributed by atoms with van der Waals surface area (Å²) in [6.07, 6.45) is 5.13. The average Bonchev–Trinajstić information content (AvgIpc) is 3.26. The van der Waals surface area contributed by atoms with E-state index in [9.17, 15) is 9.59 Å². The molecule has 3 N–H and O–H groups in total. The molecular formula is C21H22N6O2S. The van der Waals surface area contributed by atoms with E-state index in [1.165, 1.54) is 11.3 Å². The third-order valence-corrected chi connectivity index (χ3v) is 5.86. The fraction of sp³-hybridized carbons (Fsp3) is 0.286. The highest BCUT2D eigenvalue weighted by molar-refractivity contribution is 7.13. The van der Waals surface area contributed by atoms with E-state index in [-0.39, 0.29) is 17.7 Å². The number of benzene rings is 1. The number of amides is 2. The van der Waals surface area contributed by atoms with Gasteiger partial charge in [-0.15, -0.1) is 11.3 Å². The van der Waals surface area contributed by atoms with Crippen LogP contribution < -0.4 is 11.1 Å². The van der Waals surface area contributed by atoms with Crippen molar-refractivity contribution in [3.63, 3.8) is 0 Å². The Hall–Kier alpha value is -3.17. The van der Waals surface area contributed by atoms with Gasteiger partial charge in [-0.25, -0.2) is 15.0 Å². The molecule has 154 valence electrons. The lowest BCUT2D eigenvalue weighted by molar-refractivity contribution is -0.123. The van der Waals surface area contributed by atoms with Crippen LogP contribution in [0.15, 0.2) is 48.1 Å². The number of carbonyl (C=O) groups is 2. The van der Waals surface area contributed by atoms with Crippen LogP contribution in [0.4, 0.5) is 5.69 Å². The molecule has 1 aromatic carbocycles. The first-order valence-electron chi connectivity index (χ1n) is 9.73. The van der Waals surface area contributed by atoms with Crippen LogP contribution in [0.3, 0.4) is 0 Å². The molecule has 1 saturated heterocycles. The lowest BCUT2D eigenvalue weighted by atomic mass is 9.97. The molecule has 4 rings (SSSR count). The molecule has 0 saturated carbocycles. The van der Waals surface area contributed by atoms with Crippen molar-refractivity contribution in [2.24, 2.45) is 11.7 Å². The summed E-state index contributed by atoms with van der Waals surface area (Å²) >= 11 is 1.33. The first kappa shape index (κ1) is 20.1. The third-order valence-electron chi connectivity index (χ3n) is 5.02. The molecule has 2 aromatic heterocycles. The molecule has 8 nitrogen and oxygen atoms in total. The van der Waals surface area contributed by atoms with E-state index in [2.05, 4.69) is 25.2 Å². The Balaban J connectivity index is 1.35. The quantitative estimate of drug-likeness (QED) is 0.631. The van der Waals surface area contributed by atoms with E-state index in [0.717, 1.165) is 31.5 Å². The van der Waals surface area contributed by atoms with E-state index in [1.807, 2.05) is 24.3 Å². The number of thiazole rings is 1. The minimum atomic E-state index is -0.276. The van der Waals surface area contributed by atoms with Crippen LogP contribution in [0.25, 0.3) is 10.8 Å². The predicted molar refractivity (Wildman–Crippen MR) is 115 cm³/mol. The Bertz CT molecular complexity index is 1020. The second kappa shape index (κ2) is 9.10. The second-order valence-electron chi connectivity index (χ2n) is 7.24. The van der Waals surface area contributed by atoms with Crippen molar-refractivity contribution >= 4 is 28.8 Å². The summed E-state index contributed by atoms with van der Waals surface area (Å²) in [4.78, 5) is 38.8. The summed E-state index contributed by atoms with van der Waals surface area (Å²) in [5.41, 5.74) is 7.60. The largest absolute Gasteiger partial charge is 0.369 e. The zero-order valence-electron chi connectivity index (χ0n) is 16.3. The molecular weight excluding hydrogens is 400 g/mol. The lowest BCUT2D eigenvalue weighted by Gasteiger charge is -2.31. The maximum atomic E-state index is 12.5. The van der Waals surface area contributed by atoms with E-state index in [1.54, 1.807) is 23.8 Å². The van der Waals surface area contributed by atoms with Crippen LogP contribution >= 0.6 is 11.3 Å². The Morgan fingerprint density at radius 2 is 1.97 bits per heavy atom. The number of aromatic nitrogens is 3. The number of carbonyl (C=O) groups excluding carboxylic acids is 2. The molecule has 3 heterocycles. The summed E-state index contributed by atoms with van der Waals surface area (Å²) < 4.78 is 0. The van der Waals surface area contributed by atoms with Gasteiger partial charge in [0.15, 0.2) is 10.8 Å². The highest BCUT2D eigenvalue weighted by atomic mass is 32.1. The van der Waals surface area contributed by atoms with Crippen molar-refractivity contribution < 1.29 is 9.59 Å². The summed E-state index contributed by atoms with van der Waals surface area (Å²) in [5.74, 6) is -0.0629. The van der Waals surface area contributed by atoms with Gasteiger partial charge in [0.2, 0.25) is 5.91 Å². The standard InChI is InChI=1S/C21H22N6O2S/c22-18(28)15-3-1-10-27(12-15)11-14-4-6-16(7-5-14)25-20(29)17-13-30-21(26-17)19-23-8-2-9-24-19/h2,4-9,13,15H,1,3,10-12H2,(H2,22,28)(H,25,29). The average molecular weight is 423 g/mol. The number of hydrogen-bond donors (Lipinski definition) is 2. The van der Waals surface area contributed by atoms with Gasteiger partial charge in [-0.3, -0.25) is 14.5 Å². The number of rotatable bonds is 6. The number of anilines is 1. The maximum absolute atomic E-state index is 12.5. The molecule has 2 amide bonds. The van der Waals surface area contributed by atoms with E-state index < -0.39 is 0 Å². The van der Waals surface area contributed by atoms with Gasteiger partial charge in [-0.1, -0.05) is 12.1 Å². The molecule has 0 bridgehead atoms. The Morgan fingerprint density at radius 1 is 1.20 bits per heavy atom. The first-order chi connectivity index (χ1) is 14.6. The molecule has 9 heteroatoms. The zero-order chi connectivity index (χ0) is 20.9. The van der Waals surface area contributed by atoms with Crippen LogP contribution in [0, 0.1) is 5.92 Å². The Kier molecular flexibility index (Phi) is 6.10. The molecule has 1 fully saturated rings. The molecule has 1 atom stereocenters. The topological polar surface area (TPSA) is 114 Å². The number of piperidine rings is 1. The molecule has 30 heavy (non-hydrogen) atoms. The van der Waals surface area contributed by atoms with Crippen LogP contribution in [-0.4, -0.2) is 44.8 Å². The van der Waals surface area contributed by atoms with Crippen molar-refractivity contribution in [3.05, 3.63) is 59.4 Å². The summed E-state index contributed by atoms with van der Waals surface area (Å²) in [6, 6.07) is 9.43. The molecule has 3 aromatic rings. The SMILES string of the molecule is NC(=O)C1CCCN(Cc2ccc(NC(=O)c3csc(-c4ncccn4)n3)cc2)C1. The maximum Gasteiger partial charge on any atom is 0.275 e. The fourth-order valence-corrected chi connectivity index (χ4v) is 4.21. The van der Waals surface area contributed by atoms with Crippen molar-refractivity contribution in [2.75, 3.05) is 18.4 Å². The summed E-state index contributed by atoms with van der Waals surface area (Å²) in [7, 11) is 0. The smallest absolute Gasteiger partial charge is 0.275 e. The highest BCUT2D eigenvalue weighted by Gasteiger charge is 2.23. The molecule has 1 unspecified atom stereocenters. The lowest BCUT2D eigenvalue weighted by Crippen LogP contribution is -2.40. The number of likely N-dealkylation sites (tertiary alicyclic amines) is 1. The van der Waals surface area contributed by atoms with Gasteiger partial charge in [0, 0.05) is 36.6 Å². The predicted octanol–water partition coefficient (Wildman–Crippen LogP) is 2.55. The van der Waals surface area contributed by atoms with Crippen molar-refractivity contribution in [1.82, 2.24) is 19.9 Å². The van der Waals surface area contributed by atoms with Crippen molar-refractivity contribution in [1.29, 1.82) is 0 Å². The fourth-order valence-electron chi connectivity index (χ4n) is 3.47. The van der Waals surface area contributed by atoms with Gasteiger partial charge in [-0.05, 0) is 43.1 Å². The number of nitrogens with two attached hydrogens (primary N) is 1.